The van der Waals surface area contributed by atoms with Crippen LogP contribution in [-0.4, -0.2) is 51.0 Å². The Hall–Kier alpha value is -1.42. The van der Waals surface area contributed by atoms with Gasteiger partial charge >= 0.3 is 0 Å². The third-order valence-corrected chi connectivity index (χ3v) is 8.77. The molecule has 0 N–H and O–H groups in total. The van der Waals surface area contributed by atoms with Crippen molar-refractivity contribution in [3.05, 3.63) is 60.2 Å². The van der Waals surface area contributed by atoms with Crippen LogP contribution in [0.25, 0.3) is 0 Å². The molecule has 0 saturated carbocycles. The zero-order chi connectivity index (χ0) is 32.5. The van der Waals surface area contributed by atoms with Crippen LogP contribution in [0, 0.1) is 0 Å². The molecule has 0 radical (unpaired) electrons. The number of ether oxygens (including phenoxy) is 2. The summed E-state index contributed by atoms with van der Waals surface area (Å²) in [7, 11) is 4.64. The summed E-state index contributed by atoms with van der Waals surface area (Å²) in [6, 6.07) is 10.8. The lowest BCUT2D eigenvalue weighted by Crippen LogP contribution is -2.47. The highest BCUT2D eigenvalue weighted by atomic mass is 16.5. The molecule has 3 heteroatoms. The summed E-state index contributed by atoms with van der Waals surface area (Å²) in [5.41, 5.74) is 1.38. The minimum absolute atomic E-state index is 0.144. The van der Waals surface area contributed by atoms with E-state index in [4.69, 9.17) is 9.47 Å². The molecule has 1 atom stereocenters. The van der Waals surface area contributed by atoms with Crippen molar-refractivity contribution in [2.45, 2.75) is 168 Å². The monoisotopic (exact) mass is 627 g/mol. The molecule has 0 spiro atoms. The second kappa shape index (κ2) is 31.2. The fraction of sp³-hybridized carbons (Fsp3) is 0.762. The second-order valence-electron chi connectivity index (χ2n) is 14.1. The van der Waals surface area contributed by atoms with E-state index in [2.05, 4.69) is 82.6 Å². The molecule has 0 aliphatic heterocycles. The molecule has 0 amide bonds. The van der Waals surface area contributed by atoms with Crippen molar-refractivity contribution in [3.63, 3.8) is 0 Å². The Kier molecular flexibility index (Phi) is 28.8. The van der Waals surface area contributed by atoms with Gasteiger partial charge in [0, 0.05) is 18.8 Å². The van der Waals surface area contributed by atoms with Crippen LogP contribution in [0.5, 0.6) is 0 Å². The SMILES string of the molecule is CCCCCCCC/C=C\CCCCCOCC(C[N+](C)(C)Cc1ccccc1)OCCCCC/C=C\CCCCCCCC. The lowest BCUT2D eigenvalue weighted by atomic mass is 10.1. The minimum atomic E-state index is 0.144. The summed E-state index contributed by atoms with van der Waals surface area (Å²) in [6.45, 7) is 8.95. The number of benzene rings is 1. The van der Waals surface area contributed by atoms with Crippen molar-refractivity contribution in [1.82, 2.24) is 0 Å². The number of hydrogen-bond donors (Lipinski definition) is 0. The molecule has 0 heterocycles. The Labute approximate surface area is 281 Å². The third-order valence-electron chi connectivity index (χ3n) is 8.77. The second-order valence-corrected chi connectivity index (χ2v) is 14.1. The van der Waals surface area contributed by atoms with Gasteiger partial charge in [0.15, 0.2) is 0 Å². The van der Waals surface area contributed by atoms with Crippen LogP contribution < -0.4 is 0 Å². The fourth-order valence-electron chi connectivity index (χ4n) is 6.05. The summed E-state index contributed by atoms with van der Waals surface area (Å²) in [4.78, 5) is 0. The average molecular weight is 627 g/mol. The van der Waals surface area contributed by atoms with Gasteiger partial charge in [0.25, 0.3) is 0 Å². The largest absolute Gasteiger partial charge is 0.379 e. The van der Waals surface area contributed by atoms with Crippen LogP contribution >= 0.6 is 0 Å². The number of quaternary nitrogens is 1. The fourth-order valence-corrected chi connectivity index (χ4v) is 6.05. The van der Waals surface area contributed by atoms with E-state index in [0.717, 1.165) is 43.6 Å². The number of rotatable bonds is 33. The molecule has 1 aromatic carbocycles. The Balaban J connectivity index is 2.24. The zero-order valence-electron chi connectivity index (χ0n) is 30.6. The van der Waals surface area contributed by atoms with Gasteiger partial charge in [-0.15, -0.1) is 0 Å². The average Bonchev–Trinajstić information content (AvgIpc) is 3.03. The molecule has 0 saturated heterocycles. The van der Waals surface area contributed by atoms with E-state index in [-0.39, 0.29) is 6.10 Å². The smallest absolute Gasteiger partial charge is 0.130 e. The minimum Gasteiger partial charge on any atom is -0.379 e. The highest BCUT2D eigenvalue weighted by Crippen LogP contribution is 2.14. The summed E-state index contributed by atoms with van der Waals surface area (Å²) < 4.78 is 13.6. The van der Waals surface area contributed by atoms with Gasteiger partial charge in [-0.2, -0.15) is 0 Å². The van der Waals surface area contributed by atoms with E-state index in [1.807, 2.05) is 0 Å². The third kappa shape index (κ3) is 28.5. The van der Waals surface area contributed by atoms with Crippen LogP contribution in [0.1, 0.15) is 161 Å². The number of nitrogens with zero attached hydrogens (tertiary/aromatic N) is 1. The summed E-state index contributed by atoms with van der Waals surface area (Å²) in [5, 5.41) is 0. The molecule has 0 aromatic heterocycles. The summed E-state index contributed by atoms with van der Waals surface area (Å²) >= 11 is 0. The van der Waals surface area contributed by atoms with Gasteiger partial charge in [-0.25, -0.2) is 0 Å². The van der Waals surface area contributed by atoms with Crippen molar-refractivity contribution in [2.24, 2.45) is 0 Å². The Morgan fingerprint density at radius 2 is 1.00 bits per heavy atom. The van der Waals surface area contributed by atoms with E-state index >= 15 is 0 Å². The number of hydrogen-bond acceptors (Lipinski definition) is 2. The van der Waals surface area contributed by atoms with Crippen LogP contribution in [0.15, 0.2) is 54.6 Å². The van der Waals surface area contributed by atoms with Crippen LogP contribution in [0.4, 0.5) is 0 Å². The highest BCUT2D eigenvalue weighted by Gasteiger charge is 2.23. The zero-order valence-corrected chi connectivity index (χ0v) is 30.6. The standard InChI is InChI=1S/C42H76NO2/c1-5-7-9-11-13-15-17-19-21-23-25-27-32-36-44-40-42(39-43(3,4)38-41-34-30-29-31-35-41)45-37-33-28-26-24-22-20-18-16-14-12-10-8-6-2/h19-22,29-31,34-35,42H,5-18,23-28,32-33,36-40H2,1-4H3/q+1/b21-19-,22-20-. The van der Waals surface area contributed by atoms with Crippen molar-refractivity contribution < 1.29 is 14.0 Å². The van der Waals surface area contributed by atoms with Gasteiger partial charge in [-0.1, -0.05) is 146 Å². The van der Waals surface area contributed by atoms with Gasteiger partial charge in [-0.05, 0) is 64.2 Å². The van der Waals surface area contributed by atoms with E-state index < -0.39 is 0 Å². The Morgan fingerprint density at radius 3 is 1.51 bits per heavy atom. The van der Waals surface area contributed by atoms with E-state index in [1.165, 1.54) is 134 Å². The van der Waals surface area contributed by atoms with Crippen LogP contribution in [0.2, 0.25) is 0 Å². The molecule has 0 bridgehead atoms. The molecule has 0 aliphatic carbocycles. The van der Waals surface area contributed by atoms with Crippen molar-refractivity contribution in [1.29, 1.82) is 0 Å². The van der Waals surface area contributed by atoms with Crippen molar-refractivity contribution in [2.75, 3.05) is 40.5 Å². The van der Waals surface area contributed by atoms with Crippen molar-refractivity contribution >= 4 is 0 Å². The summed E-state index contributed by atoms with van der Waals surface area (Å²) in [6.07, 6.45) is 38.6. The van der Waals surface area contributed by atoms with Crippen LogP contribution in [-0.2, 0) is 16.0 Å². The first-order valence-electron chi connectivity index (χ1n) is 19.4. The first kappa shape index (κ1) is 41.6. The molecule has 45 heavy (non-hydrogen) atoms. The molecule has 260 valence electrons. The molecular weight excluding hydrogens is 550 g/mol. The Morgan fingerprint density at radius 1 is 0.556 bits per heavy atom. The molecule has 0 aliphatic rings. The maximum Gasteiger partial charge on any atom is 0.130 e. The number of likely N-dealkylation sites (N-methyl/N-ethyl adjacent to an activating group) is 1. The molecule has 0 fully saturated rings. The number of unbranched alkanes of at least 4 members (excludes halogenated alkanes) is 18. The van der Waals surface area contributed by atoms with E-state index in [9.17, 15) is 0 Å². The predicted molar refractivity (Wildman–Crippen MR) is 199 cm³/mol. The number of allylic oxidation sites excluding steroid dienone is 4. The first-order chi connectivity index (χ1) is 22.1. The first-order valence-corrected chi connectivity index (χ1v) is 19.4. The van der Waals surface area contributed by atoms with Gasteiger partial charge in [0.2, 0.25) is 0 Å². The summed E-state index contributed by atoms with van der Waals surface area (Å²) in [5.74, 6) is 0. The molecular formula is C42H76NO2+. The quantitative estimate of drug-likeness (QED) is 0.0439. The molecule has 3 nitrogen and oxygen atoms in total. The lowest BCUT2D eigenvalue weighted by Gasteiger charge is -2.33. The molecule has 1 rings (SSSR count). The van der Waals surface area contributed by atoms with E-state index in [0.29, 0.717) is 6.61 Å². The lowest BCUT2D eigenvalue weighted by molar-refractivity contribution is -0.906. The van der Waals surface area contributed by atoms with Crippen molar-refractivity contribution in [3.8, 4) is 0 Å². The van der Waals surface area contributed by atoms with Gasteiger partial charge in [0.1, 0.15) is 19.2 Å². The highest BCUT2D eigenvalue weighted by molar-refractivity contribution is 5.13. The molecule has 1 aromatic rings. The topological polar surface area (TPSA) is 18.5 Å². The van der Waals surface area contributed by atoms with E-state index in [1.54, 1.807) is 0 Å². The predicted octanol–water partition coefficient (Wildman–Crippen LogP) is 12.4. The van der Waals surface area contributed by atoms with Gasteiger partial charge < -0.3 is 14.0 Å². The van der Waals surface area contributed by atoms with Gasteiger partial charge in [0.05, 0.1) is 20.7 Å². The van der Waals surface area contributed by atoms with Gasteiger partial charge in [-0.3, -0.25) is 0 Å². The maximum absolute atomic E-state index is 6.47. The maximum atomic E-state index is 6.47. The Bertz CT molecular complexity index is 787. The van der Waals surface area contributed by atoms with Crippen LogP contribution in [0.3, 0.4) is 0 Å². The normalized spacial score (nSPS) is 13.0. The molecule has 1 unspecified atom stereocenters.